The van der Waals surface area contributed by atoms with Gasteiger partial charge in [0.05, 0.1) is 7.11 Å². The lowest BCUT2D eigenvalue weighted by Gasteiger charge is -2.17. The third-order valence-electron chi connectivity index (χ3n) is 3.27. The summed E-state index contributed by atoms with van der Waals surface area (Å²) in [4.78, 5) is -0.000616. The average Bonchev–Trinajstić information content (AvgIpc) is 2.54. The van der Waals surface area contributed by atoms with Crippen molar-refractivity contribution in [1.82, 2.24) is 4.72 Å². The Labute approximate surface area is 139 Å². The smallest absolute Gasteiger partial charge is 0.387 e. The van der Waals surface area contributed by atoms with Crippen LogP contribution in [0.15, 0.2) is 53.4 Å². The second kappa shape index (κ2) is 7.59. The molecule has 0 heterocycles. The van der Waals surface area contributed by atoms with Crippen LogP contribution >= 0.6 is 0 Å². The van der Waals surface area contributed by atoms with Crippen molar-refractivity contribution < 1.29 is 26.7 Å². The summed E-state index contributed by atoms with van der Waals surface area (Å²) in [6, 6.07) is 11.4. The fraction of sp³-hybridized carbons (Fsp3) is 0.250. The van der Waals surface area contributed by atoms with Crippen LogP contribution in [0.1, 0.15) is 18.5 Å². The van der Waals surface area contributed by atoms with Crippen LogP contribution in [-0.4, -0.2) is 22.1 Å². The molecule has 24 heavy (non-hydrogen) atoms. The van der Waals surface area contributed by atoms with Crippen LogP contribution in [0.5, 0.6) is 11.5 Å². The van der Waals surface area contributed by atoms with E-state index in [0.29, 0.717) is 5.56 Å². The van der Waals surface area contributed by atoms with Gasteiger partial charge >= 0.3 is 6.61 Å². The Morgan fingerprint density at radius 3 is 2.46 bits per heavy atom. The van der Waals surface area contributed by atoms with Crippen molar-refractivity contribution in [2.45, 2.75) is 24.5 Å². The number of nitrogens with one attached hydrogen (secondary N) is 1. The van der Waals surface area contributed by atoms with E-state index < -0.39 is 22.7 Å². The van der Waals surface area contributed by atoms with Gasteiger partial charge in [-0.25, -0.2) is 13.1 Å². The van der Waals surface area contributed by atoms with Gasteiger partial charge in [0.15, 0.2) is 0 Å². The van der Waals surface area contributed by atoms with Crippen molar-refractivity contribution in [2.24, 2.45) is 0 Å². The molecule has 1 N–H and O–H groups in total. The van der Waals surface area contributed by atoms with Gasteiger partial charge in [0, 0.05) is 6.04 Å². The van der Waals surface area contributed by atoms with E-state index in [1.807, 2.05) is 0 Å². The van der Waals surface area contributed by atoms with Crippen molar-refractivity contribution in [3.8, 4) is 11.5 Å². The summed E-state index contributed by atoms with van der Waals surface area (Å²) in [5.74, 6) is 0.179. The minimum absolute atomic E-state index is 0.000616. The lowest BCUT2D eigenvalue weighted by atomic mass is 10.1. The Bertz CT molecular complexity index is 796. The van der Waals surface area contributed by atoms with Crippen LogP contribution in [-0.2, 0) is 10.0 Å². The third-order valence-corrected chi connectivity index (χ3v) is 4.85. The molecule has 8 heteroatoms. The molecule has 5 nitrogen and oxygen atoms in total. The van der Waals surface area contributed by atoms with Crippen molar-refractivity contribution in [2.75, 3.05) is 7.11 Å². The molecule has 0 aliphatic rings. The zero-order valence-corrected chi connectivity index (χ0v) is 13.9. The molecule has 130 valence electrons. The van der Waals surface area contributed by atoms with E-state index in [1.54, 1.807) is 25.1 Å². The molecule has 0 saturated heterocycles. The van der Waals surface area contributed by atoms with Crippen molar-refractivity contribution >= 4 is 10.0 Å². The van der Waals surface area contributed by atoms with Crippen LogP contribution in [0.2, 0.25) is 0 Å². The summed E-state index contributed by atoms with van der Waals surface area (Å²) >= 11 is 0. The van der Waals surface area contributed by atoms with Gasteiger partial charge in [-0.05, 0) is 36.8 Å². The van der Waals surface area contributed by atoms with Crippen molar-refractivity contribution in [3.05, 3.63) is 54.1 Å². The van der Waals surface area contributed by atoms with Gasteiger partial charge in [0.25, 0.3) is 0 Å². The second-order valence-corrected chi connectivity index (χ2v) is 6.63. The summed E-state index contributed by atoms with van der Waals surface area (Å²) in [5, 5.41) is 0. The number of para-hydroxylation sites is 1. The first kappa shape index (κ1) is 18.2. The number of hydrogen-bond donors (Lipinski definition) is 1. The summed E-state index contributed by atoms with van der Waals surface area (Å²) in [6.07, 6.45) is 0. The third kappa shape index (κ3) is 4.42. The van der Waals surface area contributed by atoms with Gasteiger partial charge < -0.3 is 9.47 Å². The van der Waals surface area contributed by atoms with Gasteiger partial charge in [-0.1, -0.05) is 24.3 Å². The topological polar surface area (TPSA) is 64.6 Å². The summed E-state index contributed by atoms with van der Waals surface area (Å²) in [5.41, 5.74) is 0.492. The number of hydrogen-bond acceptors (Lipinski definition) is 4. The molecule has 1 atom stereocenters. The largest absolute Gasteiger partial charge is 0.495 e. The number of alkyl halides is 2. The van der Waals surface area contributed by atoms with Gasteiger partial charge in [0.2, 0.25) is 10.0 Å². The molecule has 0 saturated carbocycles. The van der Waals surface area contributed by atoms with E-state index in [1.165, 1.54) is 37.4 Å². The quantitative estimate of drug-likeness (QED) is 0.825. The molecular formula is C16H17F2NO4S. The lowest BCUT2D eigenvalue weighted by Crippen LogP contribution is -2.27. The van der Waals surface area contributed by atoms with Crippen molar-refractivity contribution in [3.63, 3.8) is 0 Å². The predicted molar refractivity (Wildman–Crippen MR) is 84.8 cm³/mol. The van der Waals surface area contributed by atoms with Crippen LogP contribution in [0.4, 0.5) is 8.78 Å². The number of rotatable bonds is 7. The van der Waals surface area contributed by atoms with Gasteiger partial charge in [-0.3, -0.25) is 0 Å². The maximum absolute atomic E-state index is 12.5. The number of sulfonamides is 1. The molecular weight excluding hydrogens is 340 g/mol. The zero-order chi connectivity index (χ0) is 17.7. The van der Waals surface area contributed by atoms with Gasteiger partial charge in [-0.2, -0.15) is 8.78 Å². The average molecular weight is 357 g/mol. The molecule has 0 amide bonds. The van der Waals surface area contributed by atoms with Crippen LogP contribution in [0.25, 0.3) is 0 Å². The van der Waals surface area contributed by atoms with Gasteiger partial charge in [-0.15, -0.1) is 0 Å². The van der Waals surface area contributed by atoms with Crippen LogP contribution in [0.3, 0.4) is 0 Å². The Morgan fingerprint density at radius 1 is 1.08 bits per heavy atom. The van der Waals surface area contributed by atoms with Crippen molar-refractivity contribution in [1.29, 1.82) is 0 Å². The van der Waals surface area contributed by atoms with Crippen LogP contribution in [0, 0.1) is 0 Å². The Balaban J connectivity index is 2.23. The highest BCUT2D eigenvalue weighted by Crippen LogP contribution is 2.26. The summed E-state index contributed by atoms with van der Waals surface area (Å²) in [6.45, 7) is -1.34. The van der Waals surface area contributed by atoms with Gasteiger partial charge in [0.1, 0.15) is 16.4 Å². The highest BCUT2D eigenvalue weighted by atomic mass is 32.2. The summed E-state index contributed by atoms with van der Waals surface area (Å²) in [7, 11) is -2.47. The molecule has 0 bridgehead atoms. The highest BCUT2D eigenvalue weighted by molar-refractivity contribution is 7.89. The molecule has 2 aromatic carbocycles. The minimum Gasteiger partial charge on any atom is -0.495 e. The lowest BCUT2D eigenvalue weighted by molar-refractivity contribution is -0.0499. The summed E-state index contributed by atoms with van der Waals surface area (Å²) < 4.78 is 61.5. The number of benzene rings is 2. The van der Waals surface area contributed by atoms with E-state index >= 15 is 0 Å². The molecule has 0 aromatic heterocycles. The van der Waals surface area contributed by atoms with E-state index in [0.717, 1.165) is 0 Å². The monoisotopic (exact) mass is 357 g/mol. The Morgan fingerprint density at radius 2 is 1.79 bits per heavy atom. The zero-order valence-electron chi connectivity index (χ0n) is 13.1. The van der Waals surface area contributed by atoms with E-state index in [4.69, 9.17) is 4.74 Å². The maximum Gasteiger partial charge on any atom is 0.387 e. The molecule has 2 aromatic rings. The van der Waals surface area contributed by atoms with E-state index in [2.05, 4.69) is 9.46 Å². The standard InChI is InChI=1S/C16H17F2NO4S/c1-11(12-6-5-7-13(10-12)23-16(17)18)19-24(20,21)15-9-4-3-8-14(15)22-2/h3-11,16,19H,1-2H3. The molecule has 0 fully saturated rings. The highest BCUT2D eigenvalue weighted by Gasteiger charge is 2.22. The molecule has 0 aliphatic heterocycles. The Kier molecular flexibility index (Phi) is 5.74. The SMILES string of the molecule is COc1ccccc1S(=O)(=O)NC(C)c1cccc(OC(F)F)c1. The fourth-order valence-electron chi connectivity index (χ4n) is 2.17. The first-order chi connectivity index (χ1) is 11.3. The molecule has 1 unspecified atom stereocenters. The Hall–Kier alpha value is -2.19. The number of halogens is 2. The first-order valence-corrected chi connectivity index (χ1v) is 8.52. The van der Waals surface area contributed by atoms with Crippen LogP contribution < -0.4 is 14.2 Å². The maximum atomic E-state index is 12.5. The first-order valence-electron chi connectivity index (χ1n) is 7.03. The second-order valence-electron chi connectivity index (χ2n) is 4.94. The fourth-order valence-corrected chi connectivity index (χ4v) is 3.57. The normalized spacial score (nSPS) is 12.9. The molecule has 0 radical (unpaired) electrons. The van der Waals surface area contributed by atoms with E-state index in [-0.39, 0.29) is 16.4 Å². The number of methoxy groups -OCH3 is 1. The number of ether oxygens (including phenoxy) is 2. The molecule has 0 aliphatic carbocycles. The predicted octanol–water partition coefficient (Wildman–Crippen LogP) is 3.34. The molecule has 2 rings (SSSR count). The minimum atomic E-state index is -3.85. The van der Waals surface area contributed by atoms with E-state index in [9.17, 15) is 17.2 Å². The molecule has 0 spiro atoms.